The van der Waals surface area contributed by atoms with Gasteiger partial charge in [-0.3, -0.25) is 4.98 Å². The van der Waals surface area contributed by atoms with Crippen LogP contribution in [0.2, 0.25) is 0 Å². The maximum atomic E-state index is 5.70. The molecule has 3 heterocycles. The van der Waals surface area contributed by atoms with Crippen LogP contribution in [0.25, 0.3) is 0 Å². The SMILES string of the molecule is COCCCN1C(=S)N[C@@H](c2ccccn2)[C@H]1c1ccn(C2CCCC2)c1. The summed E-state index contributed by atoms with van der Waals surface area (Å²) in [6.45, 7) is 1.62. The number of pyridine rings is 1. The second-order valence-corrected chi connectivity index (χ2v) is 7.88. The molecule has 5 nitrogen and oxygen atoms in total. The highest BCUT2D eigenvalue weighted by Crippen LogP contribution is 2.40. The summed E-state index contributed by atoms with van der Waals surface area (Å²) in [5.74, 6) is 0. The average Bonchev–Trinajstić information content (AvgIpc) is 3.42. The molecule has 1 aliphatic carbocycles. The Kier molecular flexibility index (Phi) is 5.74. The third kappa shape index (κ3) is 3.87. The van der Waals surface area contributed by atoms with Crippen LogP contribution in [0.5, 0.6) is 0 Å². The molecule has 2 aliphatic rings. The third-order valence-corrected chi connectivity index (χ3v) is 6.12. The van der Waals surface area contributed by atoms with Crippen molar-refractivity contribution in [1.29, 1.82) is 0 Å². The first-order valence-corrected chi connectivity index (χ1v) is 10.3. The van der Waals surface area contributed by atoms with Crippen LogP contribution in [0.1, 0.15) is 61.5 Å². The smallest absolute Gasteiger partial charge is 0.170 e. The van der Waals surface area contributed by atoms with E-state index in [0.29, 0.717) is 6.04 Å². The van der Waals surface area contributed by atoms with Crippen molar-refractivity contribution in [2.75, 3.05) is 20.3 Å². The summed E-state index contributed by atoms with van der Waals surface area (Å²) in [5, 5.41) is 4.33. The number of nitrogens with one attached hydrogen (secondary N) is 1. The predicted molar refractivity (Wildman–Crippen MR) is 111 cm³/mol. The number of aromatic nitrogens is 2. The minimum absolute atomic E-state index is 0.0701. The van der Waals surface area contributed by atoms with E-state index in [-0.39, 0.29) is 12.1 Å². The molecular formula is C21H28N4OS. The van der Waals surface area contributed by atoms with Crippen molar-refractivity contribution >= 4 is 17.3 Å². The van der Waals surface area contributed by atoms with Crippen molar-refractivity contribution in [2.45, 2.75) is 50.2 Å². The summed E-state index contributed by atoms with van der Waals surface area (Å²) >= 11 is 5.70. The van der Waals surface area contributed by atoms with Gasteiger partial charge in [0.25, 0.3) is 0 Å². The summed E-state index contributed by atoms with van der Waals surface area (Å²) in [6.07, 6.45) is 12.6. The van der Waals surface area contributed by atoms with Gasteiger partial charge in [0.15, 0.2) is 5.11 Å². The first-order chi connectivity index (χ1) is 13.3. The van der Waals surface area contributed by atoms with Crippen molar-refractivity contribution in [1.82, 2.24) is 19.8 Å². The van der Waals surface area contributed by atoms with Gasteiger partial charge in [0.05, 0.1) is 17.8 Å². The van der Waals surface area contributed by atoms with E-state index >= 15 is 0 Å². The molecule has 1 aliphatic heterocycles. The quantitative estimate of drug-likeness (QED) is 0.577. The largest absolute Gasteiger partial charge is 0.385 e. The molecule has 0 amide bonds. The second-order valence-electron chi connectivity index (χ2n) is 7.50. The van der Waals surface area contributed by atoms with Gasteiger partial charge in [-0.1, -0.05) is 18.9 Å². The molecule has 144 valence electrons. The number of nitrogens with zero attached hydrogens (tertiary/aromatic N) is 3. The zero-order valence-corrected chi connectivity index (χ0v) is 16.7. The average molecular weight is 385 g/mol. The molecule has 2 aromatic heterocycles. The van der Waals surface area contributed by atoms with Crippen molar-refractivity contribution in [3.63, 3.8) is 0 Å². The molecule has 6 heteroatoms. The summed E-state index contributed by atoms with van der Waals surface area (Å²) in [6, 6.07) is 9.22. The topological polar surface area (TPSA) is 42.3 Å². The lowest BCUT2D eigenvalue weighted by molar-refractivity contribution is 0.180. The van der Waals surface area contributed by atoms with Crippen LogP contribution in [0, 0.1) is 0 Å². The van der Waals surface area contributed by atoms with Crippen molar-refractivity contribution in [2.24, 2.45) is 0 Å². The Morgan fingerprint density at radius 1 is 1.26 bits per heavy atom. The van der Waals surface area contributed by atoms with Crippen molar-refractivity contribution in [3.05, 3.63) is 54.1 Å². The molecule has 2 aromatic rings. The van der Waals surface area contributed by atoms with Gasteiger partial charge < -0.3 is 19.5 Å². The van der Waals surface area contributed by atoms with E-state index < -0.39 is 0 Å². The number of hydrogen-bond donors (Lipinski definition) is 1. The van der Waals surface area contributed by atoms with E-state index in [2.05, 4.69) is 44.3 Å². The number of ether oxygens (including phenoxy) is 1. The Morgan fingerprint density at radius 3 is 2.85 bits per heavy atom. The van der Waals surface area contributed by atoms with E-state index in [0.717, 1.165) is 30.4 Å². The first kappa shape index (κ1) is 18.4. The standard InChI is InChI=1S/C21H28N4OS/c1-26-14-6-12-25-20(16-10-13-24(15-16)17-7-2-3-8-17)19(23-21(25)27)18-9-4-5-11-22-18/h4-5,9-11,13,15,17,19-20H,2-3,6-8,12,14H2,1H3,(H,23,27)/t19-,20+/m0/s1. The van der Waals surface area contributed by atoms with E-state index in [9.17, 15) is 0 Å². The van der Waals surface area contributed by atoms with Gasteiger partial charge in [-0.15, -0.1) is 0 Å². The van der Waals surface area contributed by atoms with Crippen molar-refractivity contribution < 1.29 is 4.74 Å². The van der Waals surface area contributed by atoms with Crippen LogP contribution in [-0.2, 0) is 4.74 Å². The zero-order valence-electron chi connectivity index (χ0n) is 15.9. The van der Waals surface area contributed by atoms with Crippen LogP contribution in [0.15, 0.2) is 42.9 Å². The highest BCUT2D eigenvalue weighted by molar-refractivity contribution is 7.80. The Hall–Kier alpha value is -1.92. The minimum atomic E-state index is 0.0701. The summed E-state index contributed by atoms with van der Waals surface area (Å²) in [7, 11) is 1.75. The number of hydrogen-bond acceptors (Lipinski definition) is 3. The van der Waals surface area contributed by atoms with Gasteiger partial charge in [-0.05, 0) is 55.2 Å². The first-order valence-electron chi connectivity index (χ1n) is 9.92. The molecule has 0 unspecified atom stereocenters. The highest BCUT2D eigenvalue weighted by Gasteiger charge is 2.39. The molecule has 0 radical (unpaired) electrons. The Bertz CT molecular complexity index is 757. The molecule has 0 bridgehead atoms. The lowest BCUT2D eigenvalue weighted by Crippen LogP contribution is -2.31. The lowest BCUT2D eigenvalue weighted by atomic mass is 9.99. The molecule has 0 spiro atoms. The Labute approximate surface area is 166 Å². The van der Waals surface area contributed by atoms with Gasteiger partial charge in [-0.25, -0.2) is 0 Å². The van der Waals surface area contributed by atoms with Crippen LogP contribution in [0.4, 0.5) is 0 Å². The summed E-state index contributed by atoms with van der Waals surface area (Å²) in [5.41, 5.74) is 2.34. The van der Waals surface area contributed by atoms with E-state index in [4.69, 9.17) is 17.0 Å². The van der Waals surface area contributed by atoms with E-state index in [1.807, 2.05) is 18.3 Å². The number of thiocarbonyl (C=S) groups is 1. The predicted octanol–water partition coefficient (Wildman–Crippen LogP) is 4.01. The van der Waals surface area contributed by atoms with Crippen molar-refractivity contribution in [3.8, 4) is 0 Å². The maximum absolute atomic E-state index is 5.70. The van der Waals surface area contributed by atoms with Crippen LogP contribution >= 0.6 is 12.2 Å². The molecule has 27 heavy (non-hydrogen) atoms. The van der Waals surface area contributed by atoms with Gasteiger partial charge in [0.1, 0.15) is 0 Å². The van der Waals surface area contributed by atoms with E-state index in [1.165, 1.54) is 31.2 Å². The van der Waals surface area contributed by atoms with Gasteiger partial charge in [0.2, 0.25) is 0 Å². The Morgan fingerprint density at radius 2 is 2.11 bits per heavy atom. The monoisotopic (exact) mass is 384 g/mol. The molecule has 1 saturated heterocycles. The third-order valence-electron chi connectivity index (χ3n) is 5.77. The fourth-order valence-corrected chi connectivity index (χ4v) is 4.76. The zero-order chi connectivity index (χ0) is 18.6. The van der Waals surface area contributed by atoms with Gasteiger partial charge in [-0.2, -0.15) is 0 Å². The fourth-order valence-electron chi connectivity index (χ4n) is 4.42. The van der Waals surface area contributed by atoms with Gasteiger partial charge >= 0.3 is 0 Å². The molecular weight excluding hydrogens is 356 g/mol. The molecule has 1 N–H and O–H groups in total. The van der Waals surface area contributed by atoms with Crippen LogP contribution in [-0.4, -0.2) is 39.8 Å². The Balaban J connectivity index is 1.63. The molecule has 1 saturated carbocycles. The minimum Gasteiger partial charge on any atom is -0.385 e. The normalized spacial score (nSPS) is 23.1. The van der Waals surface area contributed by atoms with Crippen LogP contribution in [0.3, 0.4) is 0 Å². The fraction of sp³-hybridized carbons (Fsp3) is 0.524. The summed E-state index contributed by atoms with van der Waals surface area (Å²) < 4.78 is 7.66. The number of rotatable bonds is 7. The molecule has 4 rings (SSSR count). The van der Waals surface area contributed by atoms with Gasteiger partial charge in [0, 0.05) is 44.9 Å². The molecule has 2 atom stereocenters. The second kappa shape index (κ2) is 8.40. The lowest BCUT2D eigenvalue weighted by Gasteiger charge is -2.27. The molecule has 2 fully saturated rings. The van der Waals surface area contributed by atoms with E-state index in [1.54, 1.807) is 7.11 Å². The highest BCUT2D eigenvalue weighted by atomic mass is 32.1. The molecule has 0 aromatic carbocycles. The van der Waals surface area contributed by atoms with Crippen LogP contribution < -0.4 is 5.32 Å². The maximum Gasteiger partial charge on any atom is 0.170 e. The number of methoxy groups -OCH3 is 1. The summed E-state index contributed by atoms with van der Waals surface area (Å²) in [4.78, 5) is 6.91.